The van der Waals surface area contributed by atoms with E-state index in [1.165, 1.54) is 32.1 Å². The summed E-state index contributed by atoms with van der Waals surface area (Å²) in [7, 11) is -2.32. The molecule has 0 aliphatic rings. The van der Waals surface area contributed by atoms with Gasteiger partial charge in [-0.05, 0) is 25.0 Å². The first kappa shape index (κ1) is 26.1. The third-order valence-electron chi connectivity index (χ3n) is 4.98. The number of anilines is 1. The molecular weight excluding hydrogens is 397 g/mol. The Hall–Kier alpha value is -1.90. The summed E-state index contributed by atoms with van der Waals surface area (Å²) in [6.45, 7) is 5.22. The molecule has 0 atom stereocenters. The molecule has 30 heavy (non-hydrogen) atoms. The van der Waals surface area contributed by atoms with Crippen LogP contribution in [-0.2, 0) is 9.09 Å². The number of aromatic nitrogens is 1. The van der Waals surface area contributed by atoms with E-state index in [1.807, 2.05) is 32.2 Å². The molecule has 0 unspecified atom stereocenters. The minimum Gasteiger partial charge on any atom is -0.328 e. The molecule has 0 aliphatic heterocycles. The summed E-state index contributed by atoms with van der Waals surface area (Å²) in [6.07, 6.45) is 17.1. The van der Waals surface area contributed by atoms with Crippen molar-refractivity contribution in [1.29, 1.82) is 5.26 Å². The predicted molar refractivity (Wildman–Crippen MR) is 125 cm³/mol. The minimum atomic E-state index is -2.32. The molecule has 1 heterocycles. The summed E-state index contributed by atoms with van der Waals surface area (Å²) in [6, 6.07) is 3.66. The van der Waals surface area contributed by atoms with Crippen LogP contribution in [0.25, 0.3) is 0 Å². The molecule has 0 fully saturated rings. The van der Waals surface area contributed by atoms with Crippen LogP contribution in [0.1, 0.15) is 71.6 Å². The molecule has 0 amide bonds. The number of aliphatic imine (C=N–C) groups is 1. The first-order valence-corrected chi connectivity index (χ1v) is 13.2. The number of guanidine groups is 1. The zero-order chi connectivity index (χ0) is 21.9. The van der Waals surface area contributed by atoms with Crippen LogP contribution in [0.5, 0.6) is 0 Å². The first-order valence-electron chi connectivity index (χ1n) is 11.2. The van der Waals surface area contributed by atoms with Crippen LogP contribution in [0, 0.1) is 11.5 Å². The molecule has 1 aromatic rings. The normalized spacial score (nSPS) is 11.8. The summed E-state index contributed by atoms with van der Waals surface area (Å²) in [5.41, 5.74) is 0.850. The van der Waals surface area contributed by atoms with Crippen LogP contribution in [0.4, 0.5) is 5.69 Å². The van der Waals surface area contributed by atoms with Crippen molar-refractivity contribution in [1.82, 2.24) is 10.3 Å². The zero-order valence-electron chi connectivity index (χ0n) is 18.6. The van der Waals surface area contributed by atoms with Crippen LogP contribution in [0.2, 0.25) is 0 Å². The van der Waals surface area contributed by atoms with Crippen molar-refractivity contribution in [2.45, 2.75) is 71.6 Å². The number of rotatable bonds is 16. The second-order valence-electron chi connectivity index (χ2n) is 7.29. The van der Waals surface area contributed by atoms with E-state index in [-0.39, 0.29) is 0 Å². The second kappa shape index (κ2) is 16.8. The van der Waals surface area contributed by atoms with Crippen LogP contribution in [-0.4, -0.2) is 36.4 Å². The lowest BCUT2D eigenvalue weighted by molar-refractivity contribution is 0.302. The standard InChI is InChI=1S/C22H38N5O2P/c1-3-30(28,4-2)29-19-13-11-9-7-5-6-8-10-12-16-25-22(26-20-23)27-21-14-17-24-18-15-21/h14-15,17-18H,3-13,16,19H2,1-2H3,(H2,24,25,26,27). The maximum absolute atomic E-state index is 12.1. The number of nitrogens with zero attached hydrogens (tertiary/aromatic N) is 3. The Morgan fingerprint density at radius 2 is 1.60 bits per heavy atom. The molecule has 1 aromatic heterocycles. The van der Waals surface area contributed by atoms with Crippen molar-refractivity contribution in [2.75, 3.05) is 30.8 Å². The Morgan fingerprint density at radius 3 is 2.17 bits per heavy atom. The highest BCUT2D eigenvalue weighted by Gasteiger charge is 2.16. The van der Waals surface area contributed by atoms with Gasteiger partial charge in [-0.2, -0.15) is 5.26 Å². The Morgan fingerprint density at radius 1 is 1.03 bits per heavy atom. The molecule has 0 radical (unpaired) electrons. The van der Waals surface area contributed by atoms with Gasteiger partial charge in [0, 0.05) is 36.9 Å². The molecule has 0 bridgehead atoms. The smallest absolute Gasteiger partial charge is 0.209 e. The maximum Gasteiger partial charge on any atom is 0.209 e. The molecule has 2 N–H and O–H groups in total. The van der Waals surface area contributed by atoms with Gasteiger partial charge in [-0.15, -0.1) is 0 Å². The summed E-state index contributed by atoms with van der Waals surface area (Å²) in [4.78, 5) is 8.40. The van der Waals surface area contributed by atoms with Gasteiger partial charge in [0.1, 0.15) is 0 Å². The molecule has 168 valence electrons. The largest absolute Gasteiger partial charge is 0.328 e. The van der Waals surface area contributed by atoms with Gasteiger partial charge in [-0.1, -0.05) is 58.8 Å². The molecule has 0 aliphatic carbocycles. The van der Waals surface area contributed by atoms with Crippen LogP contribution < -0.4 is 10.6 Å². The van der Waals surface area contributed by atoms with Crippen molar-refractivity contribution in [2.24, 2.45) is 4.99 Å². The van der Waals surface area contributed by atoms with E-state index in [1.54, 1.807) is 12.4 Å². The molecule has 0 aromatic carbocycles. The average Bonchev–Trinajstić information content (AvgIpc) is 2.77. The van der Waals surface area contributed by atoms with E-state index >= 15 is 0 Å². The van der Waals surface area contributed by atoms with E-state index < -0.39 is 7.37 Å². The fourth-order valence-corrected chi connectivity index (χ4v) is 4.29. The van der Waals surface area contributed by atoms with Gasteiger partial charge in [0.15, 0.2) is 6.19 Å². The van der Waals surface area contributed by atoms with E-state index in [2.05, 4.69) is 20.6 Å². The molecule has 0 saturated carbocycles. The number of nitriles is 1. The molecule has 0 saturated heterocycles. The number of pyridine rings is 1. The van der Waals surface area contributed by atoms with E-state index in [9.17, 15) is 4.57 Å². The molecule has 7 nitrogen and oxygen atoms in total. The molecule has 0 spiro atoms. The number of hydrogen-bond acceptors (Lipinski definition) is 5. The van der Waals surface area contributed by atoms with Gasteiger partial charge >= 0.3 is 0 Å². The van der Waals surface area contributed by atoms with E-state index in [0.717, 1.165) is 31.4 Å². The van der Waals surface area contributed by atoms with E-state index in [4.69, 9.17) is 9.79 Å². The molecular formula is C22H38N5O2P. The van der Waals surface area contributed by atoms with Gasteiger partial charge in [-0.3, -0.25) is 19.9 Å². The van der Waals surface area contributed by atoms with Gasteiger partial charge in [0.2, 0.25) is 13.3 Å². The Bertz CT molecular complexity index is 668. The van der Waals surface area contributed by atoms with Gasteiger partial charge < -0.3 is 9.84 Å². The maximum atomic E-state index is 12.1. The summed E-state index contributed by atoms with van der Waals surface area (Å²) in [5.74, 6) is 0.474. The summed E-state index contributed by atoms with van der Waals surface area (Å²) < 4.78 is 17.7. The topological polar surface area (TPSA) is 99.4 Å². The van der Waals surface area contributed by atoms with Crippen LogP contribution in [0.15, 0.2) is 29.5 Å². The lowest BCUT2D eigenvalue weighted by Crippen LogP contribution is -2.27. The highest BCUT2D eigenvalue weighted by molar-refractivity contribution is 7.58. The predicted octanol–water partition coefficient (Wildman–Crippen LogP) is 5.77. The summed E-state index contributed by atoms with van der Waals surface area (Å²) >= 11 is 0. The van der Waals surface area contributed by atoms with Gasteiger partial charge in [0.05, 0.1) is 6.61 Å². The minimum absolute atomic E-state index is 0.474. The molecule has 8 heteroatoms. The Kier molecular flexibility index (Phi) is 14.7. The van der Waals surface area contributed by atoms with Crippen molar-refractivity contribution in [3.8, 4) is 6.19 Å². The van der Waals surface area contributed by atoms with Crippen LogP contribution >= 0.6 is 7.37 Å². The third kappa shape index (κ3) is 12.6. The fraction of sp³-hybridized carbons (Fsp3) is 0.682. The van der Waals surface area contributed by atoms with Crippen molar-refractivity contribution in [3.63, 3.8) is 0 Å². The number of unbranched alkanes of at least 4 members (excludes halogenated alkanes) is 8. The van der Waals surface area contributed by atoms with Crippen LogP contribution in [0.3, 0.4) is 0 Å². The van der Waals surface area contributed by atoms with Crippen molar-refractivity contribution >= 4 is 19.0 Å². The van der Waals surface area contributed by atoms with E-state index in [0.29, 0.717) is 31.4 Å². The Labute approximate surface area is 182 Å². The van der Waals surface area contributed by atoms with Gasteiger partial charge in [-0.25, -0.2) is 0 Å². The van der Waals surface area contributed by atoms with Crippen molar-refractivity contribution < 1.29 is 9.09 Å². The third-order valence-corrected chi connectivity index (χ3v) is 7.56. The number of nitrogens with one attached hydrogen (secondary N) is 2. The first-order chi connectivity index (χ1) is 14.6. The van der Waals surface area contributed by atoms with Gasteiger partial charge in [0.25, 0.3) is 0 Å². The lowest BCUT2D eigenvalue weighted by atomic mass is 10.1. The summed E-state index contributed by atoms with van der Waals surface area (Å²) in [5, 5.41) is 14.5. The quantitative estimate of drug-likeness (QED) is 0.0854. The highest BCUT2D eigenvalue weighted by atomic mass is 31.2. The second-order valence-corrected chi connectivity index (χ2v) is 10.4. The molecule has 1 rings (SSSR count). The SMILES string of the molecule is CCP(=O)(CC)OCCCCCCCCCCCN=C(NC#N)Nc1ccncc1. The monoisotopic (exact) mass is 435 g/mol. The highest BCUT2D eigenvalue weighted by Crippen LogP contribution is 2.45. The number of hydrogen-bond donors (Lipinski definition) is 2. The Balaban J connectivity index is 2.00. The van der Waals surface area contributed by atoms with Crippen molar-refractivity contribution in [3.05, 3.63) is 24.5 Å². The zero-order valence-corrected chi connectivity index (χ0v) is 19.5. The average molecular weight is 436 g/mol. The fourth-order valence-electron chi connectivity index (χ4n) is 3.01. The lowest BCUT2D eigenvalue weighted by Gasteiger charge is -2.14.